The van der Waals surface area contributed by atoms with E-state index in [1.807, 2.05) is 35.8 Å². The Bertz CT molecular complexity index is 910. The van der Waals surface area contributed by atoms with Crippen LogP contribution in [0.25, 0.3) is 0 Å². The van der Waals surface area contributed by atoms with E-state index in [1.165, 1.54) is 5.69 Å². The van der Waals surface area contributed by atoms with Gasteiger partial charge in [0, 0.05) is 57.9 Å². The Kier molecular flexibility index (Phi) is 7.12. The number of amides is 2. The number of anilines is 1. The van der Waals surface area contributed by atoms with Gasteiger partial charge in [0.1, 0.15) is 5.69 Å². The molecule has 2 aliphatic heterocycles. The molecule has 4 rings (SSSR count). The van der Waals surface area contributed by atoms with Crippen molar-refractivity contribution in [2.45, 2.75) is 46.1 Å². The van der Waals surface area contributed by atoms with Crippen LogP contribution in [0.1, 0.15) is 48.8 Å². The topological polar surface area (TPSA) is 61.7 Å². The Balaban J connectivity index is 1.19. The molecule has 7 heteroatoms. The second kappa shape index (κ2) is 10.2. The lowest BCUT2D eigenvalue weighted by atomic mass is 9.91. The maximum Gasteiger partial charge on any atom is 0.272 e. The number of carbonyl (C=O) groups is 2. The Labute approximate surface area is 191 Å². The molecule has 2 aliphatic rings. The van der Waals surface area contributed by atoms with Crippen LogP contribution in [0.2, 0.25) is 0 Å². The lowest BCUT2D eigenvalue weighted by Crippen LogP contribution is -2.48. The highest BCUT2D eigenvalue weighted by molar-refractivity contribution is 5.92. The van der Waals surface area contributed by atoms with Crippen molar-refractivity contribution in [1.29, 1.82) is 0 Å². The fourth-order valence-corrected chi connectivity index (χ4v) is 4.88. The molecule has 2 amide bonds. The van der Waals surface area contributed by atoms with Crippen LogP contribution in [0.15, 0.2) is 36.4 Å². The molecule has 172 valence electrons. The largest absolute Gasteiger partial charge is 0.368 e. The highest BCUT2D eigenvalue weighted by atomic mass is 16.2. The van der Waals surface area contributed by atoms with E-state index in [2.05, 4.69) is 34.3 Å². The van der Waals surface area contributed by atoms with Gasteiger partial charge >= 0.3 is 0 Å². The number of nitrogens with zero attached hydrogens (tertiary/aromatic N) is 5. The molecule has 0 unspecified atom stereocenters. The first-order valence-corrected chi connectivity index (χ1v) is 12.0. The molecule has 1 aromatic carbocycles. The molecule has 0 atom stereocenters. The van der Waals surface area contributed by atoms with Gasteiger partial charge in [0.2, 0.25) is 5.91 Å². The monoisotopic (exact) mass is 437 g/mol. The fraction of sp³-hybridized carbons (Fsp3) is 0.560. The summed E-state index contributed by atoms with van der Waals surface area (Å²) in [7, 11) is 0. The van der Waals surface area contributed by atoms with Gasteiger partial charge in [-0.1, -0.05) is 18.2 Å². The fourth-order valence-electron chi connectivity index (χ4n) is 4.88. The van der Waals surface area contributed by atoms with Crippen molar-refractivity contribution in [3.63, 3.8) is 0 Å². The summed E-state index contributed by atoms with van der Waals surface area (Å²) in [6.45, 7) is 9.54. The van der Waals surface area contributed by atoms with Crippen molar-refractivity contribution in [2.24, 2.45) is 5.92 Å². The van der Waals surface area contributed by atoms with Gasteiger partial charge in [0.05, 0.1) is 5.69 Å². The molecule has 32 heavy (non-hydrogen) atoms. The zero-order chi connectivity index (χ0) is 22.5. The van der Waals surface area contributed by atoms with Crippen LogP contribution >= 0.6 is 0 Å². The molecule has 3 heterocycles. The molecule has 0 saturated carbocycles. The van der Waals surface area contributed by atoms with Crippen LogP contribution < -0.4 is 4.90 Å². The normalized spacial score (nSPS) is 17.6. The standard InChI is InChI=1S/C25H35N5O2/c1-3-30-23(19-20(2)26-30)25(32)29-13-11-21(12-14-29)9-10-24(31)28-17-15-27(16-18-28)22-7-5-4-6-8-22/h4-8,19,21H,3,9-18H2,1-2H3. The number of benzene rings is 1. The number of para-hydroxylation sites is 1. The van der Waals surface area contributed by atoms with E-state index in [9.17, 15) is 9.59 Å². The Hall–Kier alpha value is -2.83. The molecular weight excluding hydrogens is 402 g/mol. The summed E-state index contributed by atoms with van der Waals surface area (Å²) >= 11 is 0. The van der Waals surface area contributed by atoms with E-state index in [0.29, 0.717) is 24.6 Å². The number of hydrogen-bond donors (Lipinski definition) is 0. The molecular formula is C25H35N5O2. The molecule has 0 radical (unpaired) electrons. The summed E-state index contributed by atoms with van der Waals surface area (Å²) in [6, 6.07) is 12.3. The summed E-state index contributed by atoms with van der Waals surface area (Å²) in [5.41, 5.74) is 2.81. The molecule has 0 bridgehead atoms. The third kappa shape index (κ3) is 5.14. The third-order valence-corrected chi connectivity index (χ3v) is 6.84. The quantitative estimate of drug-likeness (QED) is 0.696. The van der Waals surface area contributed by atoms with Crippen LogP contribution in [0.5, 0.6) is 0 Å². The van der Waals surface area contributed by atoms with Crippen molar-refractivity contribution >= 4 is 17.5 Å². The number of hydrogen-bond acceptors (Lipinski definition) is 4. The molecule has 2 saturated heterocycles. The van der Waals surface area contributed by atoms with E-state index < -0.39 is 0 Å². The van der Waals surface area contributed by atoms with Gasteiger partial charge in [-0.15, -0.1) is 0 Å². The summed E-state index contributed by atoms with van der Waals surface area (Å²) in [6.07, 6.45) is 3.48. The number of aryl methyl sites for hydroxylation is 2. The van der Waals surface area contributed by atoms with Crippen LogP contribution in [-0.4, -0.2) is 70.7 Å². The summed E-state index contributed by atoms with van der Waals surface area (Å²) < 4.78 is 1.79. The molecule has 7 nitrogen and oxygen atoms in total. The summed E-state index contributed by atoms with van der Waals surface area (Å²) in [4.78, 5) is 32.0. The van der Waals surface area contributed by atoms with Crippen LogP contribution in [-0.2, 0) is 11.3 Å². The number of carbonyl (C=O) groups excluding carboxylic acids is 2. The van der Waals surface area contributed by atoms with Crippen LogP contribution in [0.4, 0.5) is 5.69 Å². The Morgan fingerprint density at radius 1 is 0.969 bits per heavy atom. The van der Waals surface area contributed by atoms with Gasteiger partial charge in [-0.3, -0.25) is 14.3 Å². The summed E-state index contributed by atoms with van der Waals surface area (Å²) in [5.74, 6) is 0.878. The highest BCUT2D eigenvalue weighted by Gasteiger charge is 2.27. The first-order chi connectivity index (χ1) is 15.5. The van der Waals surface area contributed by atoms with E-state index in [1.54, 1.807) is 4.68 Å². The molecule has 2 fully saturated rings. The van der Waals surface area contributed by atoms with Gasteiger partial charge in [0.15, 0.2) is 0 Å². The Morgan fingerprint density at radius 2 is 1.66 bits per heavy atom. The number of piperidine rings is 1. The average molecular weight is 438 g/mol. The van der Waals surface area contributed by atoms with E-state index in [4.69, 9.17) is 0 Å². The maximum absolute atomic E-state index is 12.9. The van der Waals surface area contributed by atoms with E-state index >= 15 is 0 Å². The minimum absolute atomic E-state index is 0.0817. The van der Waals surface area contributed by atoms with Gasteiger partial charge in [-0.05, 0) is 57.2 Å². The van der Waals surface area contributed by atoms with Gasteiger partial charge in [-0.2, -0.15) is 5.10 Å². The van der Waals surface area contributed by atoms with Crippen LogP contribution in [0, 0.1) is 12.8 Å². The lowest BCUT2D eigenvalue weighted by molar-refractivity contribution is -0.131. The number of rotatable bonds is 6. The van der Waals surface area contributed by atoms with Crippen molar-refractivity contribution in [3.05, 3.63) is 47.8 Å². The first kappa shape index (κ1) is 22.4. The maximum atomic E-state index is 12.9. The van der Waals surface area contributed by atoms with Crippen molar-refractivity contribution in [1.82, 2.24) is 19.6 Å². The van der Waals surface area contributed by atoms with E-state index in [-0.39, 0.29) is 11.8 Å². The number of piperazine rings is 1. The summed E-state index contributed by atoms with van der Waals surface area (Å²) in [5, 5.41) is 4.40. The minimum Gasteiger partial charge on any atom is -0.368 e. The highest BCUT2D eigenvalue weighted by Crippen LogP contribution is 2.24. The molecule has 0 aliphatic carbocycles. The van der Waals surface area contributed by atoms with Crippen molar-refractivity contribution in [3.8, 4) is 0 Å². The molecule has 0 N–H and O–H groups in total. The van der Waals surface area contributed by atoms with Crippen molar-refractivity contribution < 1.29 is 9.59 Å². The lowest BCUT2D eigenvalue weighted by Gasteiger charge is -2.36. The zero-order valence-corrected chi connectivity index (χ0v) is 19.4. The predicted octanol–water partition coefficient (Wildman–Crippen LogP) is 3.19. The number of likely N-dealkylation sites (tertiary alicyclic amines) is 1. The molecule has 0 spiro atoms. The SMILES string of the molecule is CCn1nc(C)cc1C(=O)N1CCC(CCC(=O)N2CCN(c3ccccc3)CC2)CC1. The van der Waals surface area contributed by atoms with Gasteiger partial charge in [-0.25, -0.2) is 0 Å². The third-order valence-electron chi connectivity index (χ3n) is 6.84. The van der Waals surface area contributed by atoms with Gasteiger partial charge < -0.3 is 14.7 Å². The average Bonchev–Trinajstić information content (AvgIpc) is 3.23. The first-order valence-electron chi connectivity index (χ1n) is 12.0. The van der Waals surface area contributed by atoms with Gasteiger partial charge in [0.25, 0.3) is 5.91 Å². The minimum atomic E-state index is 0.0817. The van der Waals surface area contributed by atoms with Crippen molar-refractivity contribution in [2.75, 3.05) is 44.2 Å². The molecule has 2 aromatic rings. The van der Waals surface area contributed by atoms with E-state index in [0.717, 1.165) is 64.2 Å². The molecule has 1 aromatic heterocycles. The van der Waals surface area contributed by atoms with Crippen LogP contribution in [0.3, 0.4) is 0 Å². The second-order valence-electron chi connectivity index (χ2n) is 8.96. The Morgan fingerprint density at radius 3 is 2.31 bits per heavy atom. The number of aromatic nitrogens is 2. The smallest absolute Gasteiger partial charge is 0.272 e. The zero-order valence-electron chi connectivity index (χ0n) is 19.4. The second-order valence-corrected chi connectivity index (χ2v) is 8.96. The predicted molar refractivity (Wildman–Crippen MR) is 126 cm³/mol.